The van der Waals surface area contributed by atoms with E-state index in [1.807, 2.05) is 26.0 Å². The van der Waals surface area contributed by atoms with Gasteiger partial charge >= 0.3 is 0 Å². The lowest BCUT2D eigenvalue weighted by Gasteiger charge is -2.09. The van der Waals surface area contributed by atoms with Crippen LogP contribution in [0, 0.1) is 19.7 Å². The molecule has 0 aliphatic rings. The SMILES string of the molecule is Cc1cc(Cl)c(-c2ccc(F)c(C=O)c2)cc1C. The van der Waals surface area contributed by atoms with Crippen LogP contribution >= 0.6 is 11.6 Å². The van der Waals surface area contributed by atoms with Crippen molar-refractivity contribution in [2.45, 2.75) is 13.8 Å². The van der Waals surface area contributed by atoms with Gasteiger partial charge in [0.1, 0.15) is 5.82 Å². The summed E-state index contributed by atoms with van der Waals surface area (Å²) in [6, 6.07) is 8.23. The molecule has 0 saturated carbocycles. The Bertz CT molecular complexity index is 620. The molecule has 0 heterocycles. The van der Waals surface area contributed by atoms with Crippen LogP contribution in [-0.4, -0.2) is 6.29 Å². The van der Waals surface area contributed by atoms with E-state index in [0.29, 0.717) is 11.3 Å². The molecule has 1 nitrogen and oxygen atoms in total. The van der Waals surface area contributed by atoms with Gasteiger partial charge in [0.05, 0.1) is 5.56 Å². The monoisotopic (exact) mass is 262 g/mol. The molecule has 18 heavy (non-hydrogen) atoms. The number of hydrogen-bond acceptors (Lipinski definition) is 1. The quantitative estimate of drug-likeness (QED) is 0.724. The predicted molar refractivity (Wildman–Crippen MR) is 71.7 cm³/mol. The summed E-state index contributed by atoms with van der Waals surface area (Å²) in [5.74, 6) is -0.520. The number of halogens is 2. The van der Waals surface area contributed by atoms with Gasteiger partial charge in [0.25, 0.3) is 0 Å². The van der Waals surface area contributed by atoms with Gasteiger partial charge in [-0.2, -0.15) is 0 Å². The molecule has 0 bridgehead atoms. The first kappa shape index (κ1) is 12.8. The molecule has 2 aromatic carbocycles. The van der Waals surface area contributed by atoms with E-state index < -0.39 is 5.82 Å². The fraction of sp³-hybridized carbons (Fsp3) is 0.133. The lowest BCUT2D eigenvalue weighted by Crippen LogP contribution is -1.91. The fourth-order valence-corrected chi connectivity index (χ4v) is 2.13. The first-order valence-electron chi connectivity index (χ1n) is 5.55. The molecule has 0 atom stereocenters. The Balaban J connectivity index is 2.62. The number of carbonyl (C=O) groups is 1. The van der Waals surface area contributed by atoms with E-state index >= 15 is 0 Å². The van der Waals surface area contributed by atoms with Gasteiger partial charge in [0.15, 0.2) is 6.29 Å². The van der Waals surface area contributed by atoms with E-state index in [1.54, 1.807) is 6.07 Å². The molecule has 0 unspecified atom stereocenters. The molecule has 3 heteroatoms. The maximum Gasteiger partial charge on any atom is 0.153 e. The molecule has 0 fully saturated rings. The zero-order valence-electron chi connectivity index (χ0n) is 10.1. The lowest BCUT2D eigenvalue weighted by molar-refractivity contribution is 0.112. The van der Waals surface area contributed by atoms with E-state index in [2.05, 4.69) is 0 Å². The first-order chi connectivity index (χ1) is 8.52. The second-order valence-electron chi connectivity index (χ2n) is 4.27. The molecule has 0 saturated heterocycles. The fourth-order valence-electron chi connectivity index (χ4n) is 1.80. The van der Waals surface area contributed by atoms with Gasteiger partial charge in [0, 0.05) is 10.6 Å². The van der Waals surface area contributed by atoms with E-state index in [-0.39, 0.29) is 5.56 Å². The molecular weight excluding hydrogens is 251 g/mol. The highest BCUT2D eigenvalue weighted by molar-refractivity contribution is 6.33. The Kier molecular flexibility index (Phi) is 3.48. The average molecular weight is 263 g/mol. The molecular formula is C15H12ClFO. The van der Waals surface area contributed by atoms with Gasteiger partial charge in [-0.25, -0.2) is 4.39 Å². The number of carbonyl (C=O) groups excluding carboxylic acids is 1. The van der Waals surface area contributed by atoms with Crippen LogP contribution in [-0.2, 0) is 0 Å². The van der Waals surface area contributed by atoms with Crippen molar-refractivity contribution in [2.75, 3.05) is 0 Å². The van der Waals surface area contributed by atoms with Crippen LogP contribution in [0.4, 0.5) is 4.39 Å². The Morgan fingerprint density at radius 1 is 1.11 bits per heavy atom. The summed E-state index contributed by atoms with van der Waals surface area (Å²) in [5.41, 5.74) is 3.80. The Labute approximate surface area is 110 Å². The van der Waals surface area contributed by atoms with Crippen molar-refractivity contribution in [1.82, 2.24) is 0 Å². The summed E-state index contributed by atoms with van der Waals surface area (Å²) in [6.07, 6.45) is 0.508. The molecule has 0 aliphatic heterocycles. The van der Waals surface area contributed by atoms with Crippen LogP contribution in [0.5, 0.6) is 0 Å². The van der Waals surface area contributed by atoms with E-state index in [4.69, 9.17) is 11.6 Å². The minimum Gasteiger partial charge on any atom is -0.298 e. The van der Waals surface area contributed by atoms with Crippen LogP contribution in [0.3, 0.4) is 0 Å². The molecule has 2 aromatic rings. The zero-order valence-corrected chi connectivity index (χ0v) is 10.9. The third-order valence-electron chi connectivity index (χ3n) is 3.02. The Hall–Kier alpha value is -1.67. The van der Waals surface area contributed by atoms with Crippen LogP contribution < -0.4 is 0 Å². The zero-order chi connectivity index (χ0) is 13.3. The number of hydrogen-bond donors (Lipinski definition) is 0. The largest absolute Gasteiger partial charge is 0.298 e. The van der Waals surface area contributed by atoms with Crippen molar-refractivity contribution in [2.24, 2.45) is 0 Å². The Morgan fingerprint density at radius 3 is 2.44 bits per heavy atom. The van der Waals surface area contributed by atoms with Gasteiger partial charge < -0.3 is 0 Å². The minimum absolute atomic E-state index is 0.0433. The standard InChI is InChI=1S/C15H12ClFO/c1-9-5-13(14(16)6-10(9)2)11-3-4-15(17)12(7-11)8-18/h3-8H,1-2H3. The van der Waals surface area contributed by atoms with E-state index in [1.165, 1.54) is 12.1 Å². The number of aryl methyl sites for hydroxylation is 2. The highest BCUT2D eigenvalue weighted by Gasteiger charge is 2.09. The highest BCUT2D eigenvalue weighted by Crippen LogP contribution is 2.31. The topological polar surface area (TPSA) is 17.1 Å². The normalized spacial score (nSPS) is 10.4. The van der Waals surface area contributed by atoms with Gasteiger partial charge in [-0.1, -0.05) is 17.7 Å². The van der Waals surface area contributed by atoms with Crippen molar-refractivity contribution in [3.63, 3.8) is 0 Å². The maximum absolute atomic E-state index is 13.3. The molecule has 2 rings (SSSR count). The lowest BCUT2D eigenvalue weighted by atomic mass is 9.99. The molecule has 0 radical (unpaired) electrons. The molecule has 0 amide bonds. The van der Waals surface area contributed by atoms with E-state index in [0.717, 1.165) is 22.3 Å². The van der Waals surface area contributed by atoms with Gasteiger partial charge in [-0.05, 0) is 54.8 Å². The average Bonchev–Trinajstić information content (AvgIpc) is 2.35. The number of rotatable bonds is 2. The third kappa shape index (κ3) is 2.29. The van der Waals surface area contributed by atoms with Crippen LogP contribution in [0.1, 0.15) is 21.5 Å². The molecule has 0 aliphatic carbocycles. The van der Waals surface area contributed by atoms with Crippen LogP contribution in [0.2, 0.25) is 5.02 Å². The second kappa shape index (κ2) is 4.91. The highest BCUT2D eigenvalue weighted by atomic mass is 35.5. The van der Waals surface area contributed by atoms with Crippen LogP contribution in [0.15, 0.2) is 30.3 Å². The van der Waals surface area contributed by atoms with Crippen molar-refractivity contribution in [1.29, 1.82) is 0 Å². The Morgan fingerprint density at radius 2 is 1.78 bits per heavy atom. The summed E-state index contributed by atoms with van der Waals surface area (Å²) in [6.45, 7) is 3.96. The summed E-state index contributed by atoms with van der Waals surface area (Å²) in [7, 11) is 0. The summed E-state index contributed by atoms with van der Waals surface area (Å²) in [4.78, 5) is 10.7. The predicted octanol–water partition coefficient (Wildman–Crippen LogP) is 4.58. The van der Waals surface area contributed by atoms with E-state index in [9.17, 15) is 9.18 Å². The third-order valence-corrected chi connectivity index (χ3v) is 3.33. The van der Waals surface area contributed by atoms with Crippen molar-refractivity contribution in [3.05, 3.63) is 57.9 Å². The number of aldehydes is 1. The molecule has 0 aromatic heterocycles. The molecule has 0 spiro atoms. The second-order valence-corrected chi connectivity index (χ2v) is 4.68. The summed E-state index contributed by atoms with van der Waals surface area (Å²) < 4.78 is 13.3. The summed E-state index contributed by atoms with van der Waals surface area (Å²) in [5, 5.41) is 0.599. The first-order valence-corrected chi connectivity index (χ1v) is 5.92. The molecule has 92 valence electrons. The van der Waals surface area contributed by atoms with Gasteiger partial charge in [-0.15, -0.1) is 0 Å². The summed E-state index contributed by atoms with van der Waals surface area (Å²) >= 11 is 6.19. The van der Waals surface area contributed by atoms with Crippen molar-refractivity contribution >= 4 is 17.9 Å². The van der Waals surface area contributed by atoms with Crippen molar-refractivity contribution < 1.29 is 9.18 Å². The number of benzene rings is 2. The van der Waals surface area contributed by atoms with Crippen molar-refractivity contribution in [3.8, 4) is 11.1 Å². The van der Waals surface area contributed by atoms with Gasteiger partial charge in [-0.3, -0.25) is 4.79 Å². The smallest absolute Gasteiger partial charge is 0.153 e. The maximum atomic E-state index is 13.3. The van der Waals surface area contributed by atoms with Gasteiger partial charge in [0.2, 0.25) is 0 Å². The van der Waals surface area contributed by atoms with Crippen LogP contribution in [0.25, 0.3) is 11.1 Å². The minimum atomic E-state index is -0.520. The molecule has 0 N–H and O–H groups in total.